The molecule has 10 heteroatoms. The molecule has 28 heavy (non-hydrogen) atoms. The van der Waals surface area contributed by atoms with Crippen molar-refractivity contribution in [3.63, 3.8) is 0 Å². The Morgan fingerprint density at radius 1 is 1.25 bits per heavy atom. The Hall–Kier alpha value is -2.59. The van der Waals surface area contributed by atoms with E-state index in [0.29, 0.717) is 28.8 Å². The first kappa shape index (κ1) is 18.8. The van der Waals surface area contributed by atoms with Crippen LogP contribution in [0, 0.1) is 18.7 Å². The van der Waals surface area contributed by atoms with Crippen LogP contribution in [0.1, 0.15) is 15.4 Å². The van der Waals surface area contributed by atoms with Crippen LogP contribution in [0.15, 0.2) is 18.2 Å². The number of anilines is 2. The number of carbonyl (C=O) groups is 2. The number of nitrogens with one attached hydrogen (secondary N) is 1. The van der Waals surface area contributed by atoms with Gasteiger partial charge in [-0.05, 0) is 25.1 Å². The number of thiazole rings is 2. The SMILES string of the molecule is Cc1nc(NC(=O)C2CN(c3nc4ccc(F)cc4s3)C2)sc1C(=O)N(C)C. The molecule has 4 rings (SSSR count). The van der Waals surface area contributed by atoms with Gasteiger partial charge in [-0.25, -0.2) is 14.4 Å². The molecule has 0 bridgehead atoms. The third-order valence-corrected chi connectivity index (χ3v) is 6.63. The number of aromatic nitrogens is 2. The minimum atomic E-state index is -0.283. The molecule has 0 atom stereocenters. The lowest BCUT2D eigenvalue weighted by atomic mass is 10.0. The van der Waals surface area contributed by atoms with Gasteiger partial charge in [0, 0.05) is 27.2 Å². The molecule has 1 aromatic carbocycles. The van der Waals surface area contributed by atoms with Crippen molar-refractivity contribution in [3.05, 3.63) is 34.6 Å². The molecule has 1 aliphatic heterocycles. The maximum Gasteiger partial charge on any atom is 0.265 e. The van der Waals surface area contributed by atoms with E-state index in [0.717, 1.165) is 15.3 Å². The molecule has 0 saturated carbocycles. The molecule has 0 spiro atoms. The standard InChI is InChI=1S/C18H18FN5O2S2/c1-9-14(16(26)23(2)3)28-17(20-9)22-15(25)10-7-24(8-10)18-21-12-5-4-11(19)6-13(12)27-18/h4-6,10H,7-8H2,1-3H3,(H,20,22,25). The van der Waals surface area contributed by atoms with Crippen LogP contribution >= 0.6 is 22.7 Å². The zero-order valence-electron chi connectivity index (χ0n) is 15.5. The highest BCUT2D eigenvalue weighted by atomic mass is 32.1. The smallest absolute Gasteiger partial charge is 0.265 e. The summed E-state index contributed by atoms with van der Waals surface area (Å²) in [4.78, 5) is 37.4. The highest BCUT2D eigenvalue weighted by Gasteiger charge is 2.35. The van der Waals surface area contributed by atoms with Gasteiger partial charge in [0.15, 0.2) is 10.3 Å². The lowest BCUT2D eigenvalue weighted by Gasteiger charge is -2.37. The summed E-state index contributed by atoms with van der Waals surface area (Å²) < 4.78 is 14.1. The van der Waals surface area contributed by atoms with Crippen LogP contribution in [-0.4, -0.2) is 53.9 Å². The summed E-state index contributed by atoms with van der Waals surface area (Å²) in [6.45, 7) is 2.84. The largest absolute Gasteiger partial charge is 0.346 e. The van der Waals surface area contributed by atoms with E-state index in [1.54, 1.807) is 27.1 Å². The number of halogens is 1. The van der Waals surface area contributed by atoms with E-state index in [-0.39, 0.29) is 23.5 Å². The highest BCUT2D eigenvalue weighted by molar-refractivity contribution is 7.22. The van der Waals surface area contributed by atoms with Crippen molar-refractivity contribution in [2.75, 3.05) is 37.4 Å². The van der Waals surface area contributed by atoms with Gasteiger partial charge >= 0.3 is 0 Å². The summed E-state index contributed by atoms with van der Waals surface area (Å²) in [5.41, 5.74) is 1.36. The fourth-order valence-corrected chi connectivity index (χ4v) is 4.88. The monoisotopic (exact) mass is 419 g/mol. The molecule has 1 saturated heterocycles. The van der Waals surface area contributed by atoms with E-state index in [1.807, 2.05) is 4.90 Å². The molecule has 1 fully saturated rings. The second-order valence-corrected chi connectivity index (χ2v) is 8.84. The predicted molar refractivity (Wildman–Crippen MR) is 109 cm³/mol. The Kier molecular flexibility index (Phi) is 4.76. The number of amides is 2. The number of hydrogen-bond donors (Lipinski definition) is 1. The van der Waals surface area contributed by atoms with E-state index in [4.69, 9.17) is 0 Å². The average molecular weight is 420 g/mol. The van der Waals surface area contributed by atoms with Crippen LogP contribution in [0.5, 0.6) is 0 Å². The fourth-order valence-electron chi connectivity index (χ4n) is 2.88. The van der Waals surface area contributed by atoms with Crippen LogP contribution in [0.3, 0.4) is 0 Å². The number of rotatable bonds is 4. The average Bonchev–Trinajstić information content (AvgIpc) is 3.15. The van der Waals surface area contributed by atoms with E-state index in [2.05, 4.69) is 15.3 Å². The topological polar surface area (TPSA) is 78.4 Å². The lowest BCUT2D eigenvalue weighted by Crippen LogP contribution is -2.52. The summed E-state index contributed by atoms with van der Waals surface area (Å²) in [6, 6.07) is 4.52. The summed E-state index contributed by atoms with van der Waals surface area (Å²) in [6.07, 6.45) is 0. The van der Waals surface area contributed by atoms with Gasteiger partial charge in [-0.1, -0.05) is 22.7 Å². The number of nitrogens with zero attached hydrogens (tertiary/aromatic N) is 4. The van der Waals surface area contributed by atoms with E-state index < -0.39 is 0 Å². The molecule has 146 valence electrons. The molecule has 3 heterocycles. The normalized spacial score (nSPS) is 14.2. The van der Waals surface area contributed by atoms with Crippen LogP contribution < -0.4 is 10.2 Å². The van der Waals surface area contributed by atoms with E-state index in [1.165, 1.54) is 39.7 Å². The summed E-state index contributed by atoms with van der Waals surface area (Å²) in [5, 5.41) is 4.03. The quantitative estimate of drug-likeness (QED) is 0.703. The molecule has 0 unspecified atom stereocenters. The van der Waals surface area contributed by atoms with Crippen molar-refractivity contribution >= 4 is 55.0 Å². The molecule has 2 amide bonds. The molecule has 0 aliphatic carbocycles. The summed E-state index contributed by atoms with van der Waals surface area (Å²) in [5.74, 6) is -0.714. The lowest BCUT2D eigenvalue weighted by molar-refractivity contribution is -0.120. The molecule has 2 aromatic heterocycles. The first-order chi connectivity index (χ1) is 13.3. The molecule has 1 aliphatic rings. The Bertz CT molecular complexity index is 1070. The van der Waals surface area contributed by atoms with Gasteiger partial charge in [-0.2, -0.15) is 0 Å². The first-order valence-corrected chi connectivity index (χ1v) is 10.3. The predicted octanol–water partition coefficient (Wildman–Crippen LogP) is 2.98. The minimum Gasteiger partial charge on any atom is -0.346 e. The van der Waals surface area contributed by atoms with Gasteiger partial charge in [-0.15, -0.1) is 0 Å². The third kappa shape index (κ3) is 3.45. The van der Waals surface area contributed by atoms with Crippen molar-refractivity contribution in [1.29, 1.82) is 0 Å². The van der Waals surface area contributed by atoms with Gasteiger partial charge in [0.05, 0.1) is 21.8 Å². The number of hydrogen-bond acceptors (Lipinski definition) is 7. The van der Waals surface area contributed by atoms with Gasteiger partial charge < -0.3 is 15.1 Å². The van der Waals surface area contributed by atoms with Crippen LogP contribution in [-0.2, 0) is 4.79 Å². The van der Waals surface area contributed by atoms with Crippen LogP contribution in [0.2, 0.25) is 0 Å². The van der Waals surface area contributed by atoms with Crippen molar-refractivity contribution in [2.45, 2.75) is 6.92 Å². The van der Waals surface area contributed by atoms with Gasteiger partial charge in [0.1, 0.15) is 10.7 Å². The molecule has 3 aromatic rings. The van der Waals surface area contributed by atoms with Crippen LogP contribution in [0.25, 0.3) is 10.2 Å². The number of carbonyl (C=O) groups excluding carboxylic acids is 2. The Balaban J connectivity index is 1.38. The first-order valence-electron chi connectivity index (χ1n) is 8.63. The van der Waals surface area contributed by atoms with E-state index in [9.17, 15) is 14.0 Å². The third-order valence-electron chi connectivity index (χ3n) is 4.49. The van der Waals surface area contributed by atoms with E-state index >= 15 is 0 Å². The second kappa shape index (κ2) is 7.10. The second-order valence-electron chi connectivity index (χ2n) is 6.83. The number of fused-ring (bicyclic) bond motifs is 1. The van der Waals surface area contributed by atoms with Crippen molar-refractivity contribution in [2.24, 2.45) is 5.92 Å². The Morgan fingerprint density at radius 2 is 2.00 bits per heavy atom. The molecule has 7 nitrogen and oxygen atoms in total. The molecule has 0 radical (unpaired) electrons. The van der Waals surface area contributed by atoms with Crippen LogP contribution in [0.4, 0.5) is 14.7 Å². The Labute approximate surface area is 168 Å². The van der Waals surface area contributed by atoms with Crippen molar-refractivity contribution < 1.29 is 14.0 Å². The number of benzene rings is 1. The highest BCUT2D eigenvalue weighted by Crippen LogP contribution is 2.34. The number of aryl methyl sites for hydroxylation is 1. The van der Waals surface area contributed by atoms with Gasteiger partial charge in [0.25, 0.3) is 5.91 Å². The van der Waals surface area contributed by atoms with Crippen molar-refractivity contribution in [3.8, 4) is 0 Å². The molecular weight excluding hydrogens is 401 g/mol. The van der Waals surface area contributed by atoms with Gasteiger partial charge in [0.2, 0.25) is 5.91 Å². The Morgan fingerprint density at radius 3 is 2.71 bits per heavy atom. The molecular formula is C18H18FN5O2S2. The zero-order chi connectivity index (χ0) is 20.0. The fraction of sp³-hybridized carbons (Fsp3) is 0.333. The summed E-state index contributed by atoms with van der Waals surface area (Å²) >= 11 is 2.60. The maximum absolute atomic E-state index is 13.3. The maximum atomic E-state index is 13.3. The van der Waals surface area contributed by atoms with Gasteiger partial charge in [-0.3, -0.25) is 9.59 Å². The zero-order valence-corrected chi connectivity index (χ0v) is 17.2. The molecule has 1 N–H and O–H groups in total. The van der Waals surface area contributed by atoms with Crippen molar-refractivity contribution in [1.82, 2.24) is 14.9 Å². The minimum absolute atomic E-state index is 0.124. The summed E-state index contributed by atoms with van der Waals surface area (Å²) in [7, 11) is 3.36.